The molecule has 0 atom stereocenters. The first-order valence-electron chi connectivity index (χ1n) is 10.9. The fourth-order valence-electron chi connectivity index (χ4n) is 4.01. The van der Waals surface area contributed by atoms with Crippen LogP contribution in [-0.4, -0.2) is 36.0 Å². The van der Waals surface area contributed by atoms with Crippen molar-refractivity contribution in [1.82, 2.24) is 30.1 Å². The van der Waals surface area contributed by atoms with E-state index in [-0.39, 0.29) is 11.0 Å². The summed E-state index contributed by atoms with van der Waals surface area (Å²) >= 11 is 1.10. The fraction of sp³-hybridized carbons (Fsp3) is 0.0800. The number of aromatic amines is 2. The number of halogens is 1. The molecule has 0 saturated carbocycles. The average molecular weight is 484 g/mol. The first-order valence-corrected chi connectivity index (χ1v) is 11.7. The van der Waals surface area contributed by atoms with Gasteiger partial charge in [-0.15, -0.1) is 11.3 Å². The molecule has 10 heteroatoms. The highest BCUT2D eigenvalue weighted by atomic mass is 32.1. The molecule has 0 bridgehead atoms. The molecule has 0 saturated heterocycles. The van der Waals surface area contributed by atoms with Crippen LogP contribution in [0.5, 0.6) is 0 Å². The number of fused-ring (bicyclic) bond motifs is 2. The maximum Gasteiger partial charge on any atom is 0.224 e. The van der Waals surface area contributed by atoms with E-state index < -0.39 is 0 Å². The van der Waals surface area contributed by atoms with Crippen molar-refractivity contribution in [2.75, 3.05) is 5.32 Å². The van der Waals surface area contributed by atoms with Crippen molar-refractivity contribution in [3.63, 3.8) is 0 Å². The Hall–Kier alpha value is -4.44. The molecule has 0 aliphatic carbocycles. The third-order valence-electron chi connectivity index (χ3n) is 5.71. The van der Waals surface area contributed by atoms with Gasteiger partial charge in [0.15, 0.2) is 5.13 Å². The predicted octanol–water partition coefficient (Wildman–Crippen LogP) is 5.78. The van der Waals surface area contributed by atoms with Crippen LogP contribution in [0.3, 0.4) is 0 Å². The number of carbonyl (C=O) groups is 1. The monoisotopic (exact) mass is 483 g/mol. The Labute approximate surface area is 202 Å². The van der Waals surface area contributed by atoms with Crippen molar-refractivity contribution in [3.05, 3.63) is 66.3 Å². The van der Waals surface area contributed by atoms with Crippen LogP contribution in [0.4, 0.5) is 10.1 Å². The molecular formula is C25H18FN7OS. The lowest BCUT2D eigenvalue weighted by molar-refractivity contribution is -0.115. The zero-order valence-corrected chi connectivity index (χ0v) is 19.3. The number of aromatic nitrogens is 6. The summed E-state index contributed by atoms with van der Waals surface area (Å²) in [6.45, 7) is 1.80. The number of nitrogens with one attached hydrogen (secondary N) is 3. The number of hydrogen-bond donors (Lipinski definition) is 3. The molecule has 0 aromatic carbocycles. The highest BCUT2D eigenvalue weighted by Gasteiger charge is 2.16. The number of rotatable bonds is 5. The number of nitrogens with zero attached hydrogens (tertiary/aromatic N) is 4. The van der Waals surface area contributed by atoms with E-state index >= 15 is 0 Å². The van der Waals surface area contributed by atoms with E-state index in [1.807, 2.05) is 24.3 Å². The average Bonchev–Trinajstić information content (AvgIpc) is 3.61. The molecule has 0 aliphatic rings. The number of thiophene rings is 1. The summed E-state index contributed by atoms with van der Waals surface area (Å²) in [7, 11) is 0. The predicted molar refractivity (Wildman–Crippen MR) is 134 cm³/mol. The SMILES string of the molecule is CCC(=O)Nc1cncc(-c2cc3c(-c4cc5c(-c6ccc(F)s6)ccnc5[nH]4)n[nH]c3cn2)c1. The molecule has 0 fully saturated rings. The molecule has 35 heavy (non-hydrogen) atoms. The van der Waals surface area contributed by atoms with Crippen molar-refractivity contribution in [2.45, 2.75) is 13.3 Å². The van der Waals surface area contributed by atoms with E-state index in [1.165, 1.54) is 6.07 Å². The second-order valence-electron chi connectivity index (χ2n) is 7.96. The van der Waals surface area contributed by atoms with E-state index in [2.05, 4.69) is 35.5 Å². The van der Waals surface area contributed by atoms with E-state index in [0.29, 0.717) is 29.1 Å². The van der Waals surface area contributed by atoms with Gasteiger partial charge in [0.1, 0.15) is 11.3 Å². The maximum atomic E-state index is 13.6. The van der Waals surface area contributed by atoms with E-state index in [4.69, 9.17) is 0 Å². The molecule has 6 aromatic heterocycles. The summed E-state index contributed by atoms with van der Waals surface area (Å²) in [6, 6.07) is 10.9. The molecule has 6 aromatic rings. The van der Waals surface area contributed by atoms with Crippen LogP contribution in [0.25, 0.3) is 55.0 Å². The second-order valence-corrected chi connectivity index (χ2v) is 8.99. The summed E-state index contributed by atoms with van der Waals surface area (Å²) in [6.07, 6.45) is 7.12. The van der Waals surface area contributed by atoms with Gasteiger partial charge in [0.2, 0.25) is 5.91 Å². The Morgan fingerprint density at radius 3 is 2.83 bits per heavy atom. The quantitative estimate of drug-likeness (QED) is 0.288. The number of anilines is 1. The summed E-state index contributed by atoms with van der Waals surface area (Å²) in [4.78, 5) is 29.2. The molecule has 6 heterocycles. The van der Waals surface area contributed by atoms with Gasteiger partial charge in [-0.3, -0.25) is 19.9 Å². The van der Waals surface area contributed by atoms with E-state index in [0.717, 1.165) is 49.3 Å². The summed E-state index contributed by atoms with van der Waals surface area (Å²) in [5.74, 6) is -0.0819. The molecule has 0 radical (unpaired) electrons. The van der Waals surface area contributed by atoms with Crippen molar-refractivity contribution < 1.29 is 9.18 Å². The number of carbonyl (C=O) groups excluding carboxylic acids is 1. The highest BCUT2D eigenvalue weighted by Crippen LogP contribution is 2.36. The van der Waals surface area contributed by atoms with Gasteiger partial charge in [0, 0.05) is 45.6 Å². The smallest absolute Gasteiger partial charge is 0.224 e. The Bertz CT molecular complexity index is 1720. The van der Waals surface area contributed by atoms with Crippen molar-refractivity contribution in [3.8, 4) is 33.1 Å². The van der Waals surface area contributed by atoms with Gasteiger partial charge >= 0.3 is 0 Å². The fourth-order valence-corrected chi connectivity index (χ4v) is 4.78. The zero-order chi connectivity index (χ0) is 23.9. The van der Waals surface area contributed by atoms with Crippen LogP contribution in [-0.2, 0) is 4.79 Å². The first kappa shape index (κ1) is 21.1. The molecule has 0 aliphatic heterocycles. The van der Waals surface area contributed by atoms with Crippen LogP contribution in [0.2, 0.25) is 0 Å². The van der Waals surface area contributed by atoms with Crippen LogP contribution in [0, 0.1) is 5.13 Å². The third kappa shape index (κ3) is 3.83. The van der Waals surface area contributed by atoms with Crippen molar-refractivity contribution in [1.29, 1.82) is 0 Å². The minimum absolute atomic E-state index is 0.0819. The number of H-pyrrole nitrogens is 2. The summed E-state index contributed by atoms with van der Waals surface area (Å²) in [5, 5.41) is 11.9. The van der Waals surface area contributed by atoms with Crippen LogP contribution in [0.15, 0.2) is 61.2 Å². The van der Waals surface area contributed by atoms with Crippen molar-refractivity contribution in [2.24, 2.45) is 0 Å². The normalized spacial score (nSPS) is 11.4. The minimum Gasteiger partial charge on any atom is -0.338 e. The molecule has 3 N–H and O–H groups in total. The summed E-state index contributed by atoms with van der Waals surface area (Å²) in [5.41, 5.74) is 5.96. The number of amides is 1. The molecule has 1 amide bonds. The number of pyridine rings is 3. The lowest BCUT2D eigenvalue weighted by atomic mass is 10.1. The Morgan fingerprint density at radius 2 is 2.00 bits per heavy atom. The van der Waals surface area contributed by atoms with Gasteiger partial charge in [-0.2, -0.15) is 9.49 Å². The highest BCUT2D eigenvalue weighted by molar-refractivity contribution is 7.14. The largest absolute Gasteiger partial charge is 0.338 e. The van der Waals surface area contributed by atoms with Crippen LogP contribution in [0.1, 0.15) is 13.3 Å². The lowest BCUT2D eigenvalue weighted by Gasteiger charge is -2.06. The van der Waals surface area contributed by atoms with Crippen LogP contribution < -0.4 is 5.32 Å². The molecule has 6 rings (SSSR count). The minimum atomic E-state index is -0.230. The standard InChI is InChI=1S/C25H18FN7OS/c1-2-23(34)30-14-7-13(10-27-11-14)18-9-17-20(12-29-18)32-33-24(17)19-8-16-15(5-6-28-25(16)31-19)21-3-4-22(26)35-21/h3-12H,2H2,1H3,(H,28,31)(H,30,34)(H,32,33). The van der Waals surface area contributed by atoms with E-state index in [1.54, 1.807) is 37.8 Å². The molecular weight excluding hydrogens is 465 g/mol. The topological polar surface area (TPSA) is 112 Å². The number of hydrogen-bond acceptors (Lipinski definition) is 6. The zero-order valence-electron chi connectivity index (χ0n) is 18.5. The first-order chi connectivity index (χ1) is 17.1. The van der Waals surface area contributed by atoms with Gasteiger partial charge in [-0.05, 0) is 36.4 Å². The van der Waals surface area contributed by atoms with E-state index in [9.17, 15) is 9.18 Å². The van der Waals surface area contributed by atoms with Gasteiger partial charge in [0.05, 0.1) is 35.0 Å². The Balaban J connectivity index is 1.43. The Morgan fingerprint density at radius 1 is 1.09 bits per heavy atom. The second kappa shape index (κ2) is 8.41. The van der Waals surface area contributed by atoms with Gasteiger partial charge in [0.25, 0.3) is 0 Å². The molecule has 0 unspecified atom stereocenters. The van der Waals surface area contributed by atoms with Crippen LogP contribution >= 0.6 is 11.3 Å². The molecule has 0 spiro atoms. The Kier molecular flexibility index (Phi) is 5.07. The maximum absolute atomic E-state index is 13.6. The van der Waals surface area contributed by atoms with Gasteiger partial charge in [-0.1, -0.05) is 6.92 Å². The summed E-state index contributed by atoms with van der Waals surface area (Å²) < 4.78 is 13.6. The van der Waals surface area contributed by atoms with Gasteiger partial charge in [-0.25, -0.2) is 4.98 Å². The van der Waals surface area contributed by atoms with Crippen molar-refractivity contribution >= 4 is 44.9 Å². The molecule has 172 valence electrons. The third-order valence-corrected chi connectivity index (χ3v) is 6.62. The van der Waals surface area contributed by atoms with Gasteiger partial charge < -0.3 is 10.3 Å². The molecule has 8 nitrogen and oxygen atoms in total. The lowest BCUT2D eigenvalue weighted by Crippen LogP contribution is -2.09.